The van der Waals surface area contributed by atoms with Gasteiger partial charge in [-0.2, -0.15) is 0 Å². The maximum absolute atomic E-state index is 12.4. The van der Waals surface area contributed by atoms with E-state index in [0.29, 0.717) is 12.8 Å². The largest absolute Gasteiger partial charge is 0.285 e. The second-order valence-corrected chi connectivity index (χ2v) is 6.60. The van der Waals surface area contributed by atoms with Crippen molar-refractivity contribution in [3.05, 3.63) is 29.8 Å². The molecule has 1 aliphatic carbocycles. The first-order chi connectivity index (χ1) is 8.16. The van der Waals surface area contributed by atoms with Crippen molar-refractivity contribution in [3.63, 3.8) is 0 Å². The minimum atomic E-state index is -3.37. The molecule has 3 nitrogen and oxygen atoms in total. The molecule has 0 spiro atoms. The number of benzene rings is 1. The summed E-state index contributed by atoms with van der Waals surface area (Å²) in [5.41, 5.74) is 0.151. The molecule has 2 rings (SSSR count). The fourth-order valence-electron chi connectivity index (χ4n) is 2.35. The Balaban J connectivity index is 2.40. The normalized spacial score (nSPS) is 17.9. The zero-order chi connectivity index (χ0) is 12.3. The SMILES string of the molecule is O=[C]c1ccccc1S(=O)(=O)C1CCCCC1. The van der Waals surface area contributed by atoms with E-state index in [4.69, 9.17) is 0 Å². The van der Waals surface area contributed by atoms with Gasteiger partial charge in [0.1, 0.15) is 0 Å². The summed E-state index contributed by atoms with van der Waals surface area (Å²) in [6.07, 6.45) is 6.13. The number of hydrogen-bond acceptors (Lipinski definition) is 3. The Kier molecular flexibility index (Phi) is 3.62. The molecule has 0 N–H and O–H groups in total. The minimum absolute atomic E-state index is 0.141. The van der Waals surface area contributed by atoms with E-state index in [1.165, 1.54) is 12.1 Å². The molecule has 1 aliphatic rings. The molecule has 91 valence electrons. The summed E-state index contributed by atoms with van der Waals surface area (Å²) in [6, 6.07) is 6.31. The second-order valence-electron chi connectivity index (χ2n) is 4.40. The first kappa shape index (κ1) is 12.3. The summed E-state index contributed by atoms with van der Waals surface area (Å²) in [6.45, 7) is 0. The van der Waals surface area contributed by atoms with Gasteiger partial charge in [-0.25, -0.2) is 8.42 Å². The highest BCUT2D eigenvalue weighted by Gasteiger charge is 2.30. The molecule has 1 radical (unpaired) electrons. The lowest BCUT2D eigenvalue weighted by Gasteiger charge is -2.22. The maximum Gasteiger partial charge on any atom is 0.234 e. The van der Waals surface area contributed by atoms with Crippen LogP contribution in [0.25, 0.3) is 0 Å². The molecule has 0 unspecified atom stereocenters. The quantitative estimate of drug-likeness (QED) is 0.828. The smallest absolute Gasteiger partial charge is 0.234 e. The molecule has 1 aromatic rings. The van der Waals surface area contributed by atoms with E-state index in [0.717, 1.165) is 19.3 Å². The standard InChI is InChI=1S/C13H15O3S/c14-10-11-6-4-5-9-13(11)17(15,16)12-7-2-1-3-8-12/h4-6,9,12H,1-3,7-8H2. The number of carbonyl (C=O) groups excluding carboxylic acids is 1. The van der Waals surface area contributed by atoms with Crippen molar-refractivity contribution in [2.24, 2.45) is 0 Å². The number of sulfone groups is 1. The van der Waals surface area contributed by atoms with Crippen LogP contribution in [0.15, 0.2) is 29.2 Å². The molecule has 1 aromatic carbocycles. The third kappa shape index (κ3) is 2.41. The molecular formula is C13H15O3S. The van der Waals surface area contributed by atoms with Crippen LogP contribution in [0.1, 0.15) is 37.7 Å². The average Bonchev–Trinajstić information content (AvgIpc) is 2.39. The highest BCUT2D eigenvalue weighted by molar-refractivity contribution is 7.92. The van der Waals surface area contributed by atoms with E-state index >= 15 is 0 Å². The Bertz CT molecular complexity index is 499. The second kappa shape index (κ2) is 5.00. The van der Waals surface area contributed by atoms with Crippen molar-refractivity contribution in [2.45, 2.75) is 42.2 Å². The molecular weight excluding hydrogens is 236 g/mol. The van der Waals surface area contributed by atoms with E-state index in [9.17, 15) is 13.2 Å². The topological polar surface area (TPSA) is 51.2 Å². The van der Waals surface area contributed by atoms with Crippen LogP contribution in [0.2, 0.25) is 0 Å². The van der Waals surface area contributed by atoms with Crippen molar-refractivity contribution in [1.82, 2.24) is 0 Å². The molecule has 17 heavy (non-hydrogen) atoms. The predicted molar refractivity (Wildman–Crippen MR) is 65.3 cm³/mol. The summed E-state index contributed by atoms with van der Waals surface area (Å²) in [5, 5.41) is -0.328. The molecule has 1 fully saturated rings. The van der Waals surface area contributed by atoms with Crippen LogP contribution in [0.3, 0.4) is 0 Å². The monoisotopic (exact) mass is 251 g/mol. The van der Waals surface area contributed by atoms with Crippen LogP contribution >= 0.6 is 0 Å². The van der Waals surface area contributed by atoms with Gasteiger partial charge < -0.3 is 0 Å². The Labute approximate surface area is 102 Å². The number of rotatable bonds is 3. The molecule has 0 amide bonds. The van der Waals surface area contributed by atoms with E-state index in [2.05, 4.69) is 0 Å². The third-order valence-electron chi connectivity index (χ3n) is 3.29. The van der Waals surface area contributed by atoms with E-state index < -0.39 is 9.84 Å². The van der Waals surface area contributed by atoms with Gasteiger partial charge in [-0.3, -0.25) is 4.79 Å². The van der Waals surface area contributed by atoms with Gasteiger partial charge in [-0.15, -0.1) is 0 Å². The Hall–Kier alpha value is -1.16. The molecule has 0 bridgehead atoms. The lowest BCUT2D eigenvalue weighted by molar-refractivity contribution is 0.483. The van der Waals surface area contributed by atoms with Crippen molar-refractivity contribution >= 4 is 16.1 Å². The van der Waals surface area contributed by atoms with Crippen molar-refractivity contribution in [2.75, 3.05) is 0 Å². The van der Waals surface area contributed by atoms with Gasteiger partial charge in [0.15, 0.2) is 9.84 Å². The summed E-state index contributed by atoms with van der Waals surface area (Å²) < 4.78 is 24.8. The van der Waals surface area contributed by atoms with Gasteiger partial charge in [0.25, 0.3) is 0 Å². The van der Waals surface area contributed by atoms with E-state index in [1.807, 2.05) is 0 Å². The molecule has 0 atom stereocenters. The Morgan fingerprint density at radius 2 is 1.71 bits per heavy atom. The minimum Gasteiger partial charge on any atom is -0.285 e. The fraction of sp³-hybridized carbons (Fsp3) is 0.462. The van der Waals surface area contributed by atoms with Crippen LogP contribution < -0.4 is 0 Å². The van der Waals surface area contributed by atoms with Crippen LogP contribution in [-0.2, 0) is 14.6 Å². The summed E-state index contributed by atoms with van der Waals surface area (Å²) >= 11 is 0. The Morgan fingerprint density at radius 3 is 2.35 bits per heavy atom. The lowest BCUT2D eigenvalue weighted by Crippen LogP contribution is -2.25. The van der Waals surface area contributed by atoms with Crippen molar-refractivity contribution in [1.29, 1.82) is 0 Å². The molecule has 0 heterocycles. The molecule has 1 saturated carbocycles. The van der Waals surface area contributed by atoms with Gasteiger partial charge in [0.05, 0.1) is 10.1 Å². The maximum atomic E-state index is 12.4. The summed E-state index contributed by atoms with van der Waals surface area (Å²) in [5.74, 6) is 0. The van der Waals surface area contributed by atoms with Crippen LogP contribution in [0, 0.1) is 0 Å². The fourth-order valence-corrected chi connectivity index (χ4v) is 4.35. The zero-order valence-electron chi connectivity index (χ0n) is 9.56. The molecule has 0 saturated heterocycles. The summed E-state index contributed by atoms with van der Waals surface area (Å²) in [4.78, 5) is 10.9. The molecule has 0 aromatic heterocycles. The van der Waals surface area contributed by atoms with Gasteiger partial charge in [0, 0.05) is 5.56 Å². The van der Waals surface area contributed by atoms with Crippen molar-refractivity contribution in [3.8, 4) is 0 Å². The van der Waals surface area contributed by atoms with E-state index in [1.54, 1.807) is 18.4 Å². The first-order valence-corrected chi connectivity index (χ1v) is 7.42. The summed E-state index contributed by atoms with van der Waals surface area (Å²) in [7, 11) is -3.37. The van der Waals surface area contributed by atoms with Crippen LogP contribution in [0.5, 0.6) is 0 Å². The average molecular weight is 251 g/mol. The highest BCUT2D eigenvalue weighted by Crippen LogP contribution is 2.29. The predicted octanol–water partition coefficient (Wildman–Crippen LogP) is 2.25. The zero-order valence-corrected chi connectivity index (χ0v) is 10.4. The van der Waals surface area contributed by atoms with Crippen LogP contribution in [0.4, 0.5) is 0 Å². The third-order valence-corrected chi connectivity index (χ3v) is 5.61. The van der Waals surface area contributed by atoms with Gasteiger partial charge in [-0.05, 0) is 25.0 Å². The van der Waals surface area contributed by atoms with Crippen molar-refractivity contribution < 1.29 is 13.2 Å². The molecule has 4 heteroatoms. The lowest BCUT2D eigenvalue weighted by atomic mass is 10.0. The van der Waals surface area contributed by atoms with Gasteiger partial charge >= 0.3 is 0 Å². The van der Waals surface area contributed by atoms with E-state index in [-0.39, 0.29) is 15.7 Å². The highest BCUT2D eigenvalue weighted by atomic mass is 32.2. The Morgan fingerprint density at radius 1 is 1.06 bits per heavy atom. The first-order valence-electron chi connectivity index (χ1n) is 5.87. The van der Waals surface area contributed by atoms with Gasteiger partial charge in [-0.1, -0.05) is 31.4 Å². The molecule has 0 aliphatic heterocycles. The van der Waals surface area contributed by atoms with Gasteiger partial charge in [0.2, 0.25) is 6.29 Å². The van der Waals surface area contributed by atoms with Crippen LogP contribution in [-0.4, -0.2) is 20.0 Å². The number of hydrogen-bond donors (Lipinski definition) is 0.